The molecule has 1 amide bonds. The summed E-state index contributed by atoms with van der Waals surface area (Å²) >= 11 is 0. The van der Waals surface area contributed by atoms with E-state index in [-0.39, 0.29) is 42.0 Å². The second-order valence-electron chi connectivity index (χ2n) is 8.03. The summed E-state index contributed by atoms with van der Waals surface area (Å²) in [6.07, 6.45) is 4.40. The molecule has 1 saturated heterocycles. The van der Waals surface area contributed by atoms with E-state index in [0.29, 0.717) is 38.5 Å². The third-order valence-electron chi connectivity index (χ3n) is 5.90. The number of nitrogens with one attached hydrogen (secondary N) is 1. The lowest BCUT2D eigenvalue weighted by molar-refractivity contribution is -0.137. The van der Waals surface area contributed by atoms with Crippen LogP contribution in [0.3, 0.4) is 0 Å². The van der Waals surface area contributed by atoms with Gasteiger partial charge in [-0.25, -0.2) is 0 Å². The first kappa shape index (κ1) is 23.4. The Morgan fingerprint density at radius 1 is 1.12 bits per heavy atom. The molecule has 0 bridgehead atoms. The standard InChI is InChI=1S/C23H23F3N4O2/c1-2-18-5-6-19(13-28)30(18)22(31)14-29-17-3-7-20(8-4-17)32-21-10-15(12-27)9-16(11-21)23(24,25)26/h1,9-11,17-20,29H,3-8,14H2/t17?,18?,19-,20?/m0/s1. The molecule has 1 N–H and O–H groups in total. The van der Waals surface area contributed by atoms with Gasteiger partial charge >= 0.3 is 6.18 Å². The average Bonchev–Trinajstić information content (AvgIpc) is 3.21. The van der Waals surface area contributed by atoms with Crippen molar-refractivity contribution in [3.63, 3.8) is 0 Å². The molecule has 9 heteroatoms. The number of carbonyl (C=O) groups is 1. The molecular weight excluding hydrogens is 421 g/mol. The highest BCUT2D eigenvalue weighted by Crippen LogP contribution is 2.34. The van der Waals surface area contributed by atoms with Crippen LogP contribution in [0.15, 0.2) is 18.2 Å². The Morgan fingerprint density at radius 3 is 2.41 bits per heavy atom. The van der Waals surface area contributed by atoms with Crippen LogP contribution in [-0.2, 0) is 11.0 Å². The van der Waals surface area contributed by atoms with E-state index < -0.39 is 17.8 Å². The summed E-state index contributed by atoms with van der Waals surface area (Å²) in [6, 6.07) is 6.07. The van der Waals surface area contributed by atoms with E-state index in [4.69, 9.17) is 16.4 Å². The highest BCUT2D eigenvalue weighted by molar-refractivity contribution is 5.80. The first-order valence-corrected chi connectivity index (χ1v) is 10.4. The molecule has 32 heavy (non-hydrogen) atoms. The van der Waals surface area contributed by atoms with Gasteiger partial charge in [-0.3, -0.25) is 4.79 Å². The molecule has 1 aromatic rings. The van der Waals surface area contributed by atoms with Crippen molar-refractivity contribution in [2.45, 2.75) is 68.9 Å². The van der Waals surface area contributed by atoms with Gasteiger partial charge in [-0.15, -0.1) is 6.42 Å². The van der Waals surface area contributed by atoms with Crippen molar-refractivity contribution < 1.29 is 22.7 Å². The number of nitriles is 2. The number of likely N-dealkylation sites (tertiary alicyclic amines) is 1. The molecular formula is C23H23F3N4O2. The first-order valence-electron chi connectivity index (χ1n) is 10.4. The number of rotatable bonds is 5. The molecule has 1 aliphatic heterocycles. The average molecular weight is 444 g/mol. The predicted molar refractivity (Wildman–Crippen MR) is 109 cm³/mol. The Labute approximate surface area is 184 Å². The molecule has 2 fully saturated rings. The van der Waals surface area contributed by atoms with Crippen LogP contribution in [0.1, 0.15) is 49.7 Å². The Balaban J connectivity index is 1.51. The number of nitrogens with zero attached hydrogens (tertiary/aromatic N) is 3. The smallest absolute Gasteiger partial charge is 0.416 e. The van der Waals surface area contributed by atoms with Crippen LogP contribution in [0.25, 0.3) is 0 Å². The van der Waals surface area contributed by atoms with Gasteiger partial charge in [0.1, 0.15) is 11.8 Å². The lowest BCUT2D eigenvalue weighted by Gasteiger charge is -2.31. The largest absolute Gasteiger partial charge is 0.490 e. The fourth-order valence-electron chi connectivity index (χ4n) is 4.24. The van der Waals surface area contributed by atoms with Gasteiger partial charge in [0.05, 0.1) is 42.0 Å². The zero-order valence-corrected chi connectivity index (χ0v) is 17.4. The zero-order chi connectivity index (χ0) is 23.3. The van der Waals surface area contributed by atoms with E-state index in [1.165, 1.54) is 11.0 Å². The molecule has 1 heterocycles. The number of hydrogen-bond donors (Lipinski definition) is 1. The van der Waals surface area contributed by atoms with Crippen molar-refractivity contribution in [2.24, 2.45) is 0 Å². The highest BCUT2D eigenvalue weighted by Gasteiger charge is 2.36. The van der Waals surface area contributed by atoms with Gasteiger partial charge in [0.15, 0.2) is 0 Å². The zero-order valence-electron chi connectivity index (χ0n) is 17.4. The number of carbonyl (C=O) groups excluding carboxylic acids is 1. The van der Waals surface area contributed by atoms with Crippen LogP contribution in [0.5, 0.6) is 5.75 Å². The molecule has 168 valence electrons. The Kier molecular flexibility index (Phi) is 7.28. The van der Waals surface area contributed by atoms with E-state index in [1.54, 1.807) is 6.07 Å². The first-order chi connectivity index (χ1) is 15.2. The second-order valence-corrected chi connectivity index (χ2v) is 8.03. The Morgan fingerprint density at radius 2 is 1.81 bits per heavy atom. The van der Waals surface area contributed by atoms with Gasteiger partial charge < -0.3 is 15.0 Å². The molecule has 0 aromatic heterocycles. The van der Waals surface area contributed by atoms with E-state index in [0.717, 1.165) is 12.1 Å². The minimum Gasteiger partial charge on any atom is -0.490 e. The molecule has 6 nitrogen and oxygen atoms in total. The van der Waals surface area contributed by atoms with Crippen molar-refractivity contribution in [3.8, 4) is 30.2 Å². The number of benzene rings is 1. The van der Waals surface area contributed by atoms with Gasteiger partial charge in [0, 0.05) is 6.04 Å². The Bertz CT molecular complexity index is 943. The van der Waals surface area contributed by atoms with Crippen LogP contribution >= 0.6 is 0 Å². The van der Waals surface area contributed by atoms with Crippen molar-refractivity contribution in [3.05, 3.63) is 29.3 Å². The summed E-state index contributed by atoms with van der Waals surface area (Å²) in [5.41, 5.74) is -1.02. The number of halogens is 3. The van der Waals surface area contributed by atoms with Crippen LogP contribution in [-0.4, -0.2) is 41.6 Å². The van der Waals surface area contributed by atoms with Gasteiger partial charge in [-0.05, 0) is 56.7 Å². The maximum Gasteiger partial charge on any atom is 0.416 e. The summed E-state index contributed by atoms with van der Waals surface area (Å²) in [6.45, 7) is 0.0751. The topological polar surface area (TPSA) is 89.2 Å². The number of hydrogen-bond acceptors (Lipinski definition) is 5. The summed E-state index contributed by atoms with van der Waals surface area (Å²) in [7, 11) is 0. The molecule has 0 radical (unpaired) electrons. The van der Waals surface area contributed by atoms with E-state index in [1.807, 2.05) is 0 Å². The minimum atomic E-state index is -4.56. The predicted octanol–water partition coefficient (Wildman–Crippen LogP) is 3.37. The number of alkyl halides is 3. The van der Waals surface area contributed by atoms with Gasteiger partial charge in [0.25, 0.3) is 0 Å². The molecule has 1 aromatic carbocycles. The Hall–Kier alpha value is -3.22. The molecule has 3 rings (SSSR count). The van der Waals surface area contributed by atoms with E-state index >= 15 is 0 Å². The maximum absolute atomic E-state index is 13.0. The van der Waals surface area contributed by atoms with Gasteiger partial charge in [0.2, 0.25) is 5.91 Å². The number of ether oxygens (including phenoxy) is 1. The monoisotopic (exact) mass is 444 g/mol. The highest BCUT2D eigenvalue weighted by atomic mass is 19.4. The molecule has 2 atom stereocenters. The third kappa shape index (κ3) is 5.52. The van der Waals surface area contributed by atoms with Crippen molar-refractivity contribution in [2.75, 3.05) is 6.54 Å². The summed E-state index contributed by atoms with van der Waals surface area (Å²) in [5, 5.41) is 21.4. The minimum absolute atomic E-state index is 0.0277. The molecule has 0 spiro atoms. The van der Waals surface area contributed by atoms with Crippen LogP contribution in [0.4, 0.5) is 13.2 Å². The SMILES string of the molecule is C#CC1CC[C@@H](C#N)N1C(=O)CNC1CCC(Oc2cc(C#N)cc(C(F)(F)F)c2)CC1. The maximum atomic E-state index is 13.0. The van der Waals surface area contributed by atoms with Crippen molar-refractivity contribution >= 4 is 5.91 Å². The van der Waals surface area contributed by atoms with Crippen LogP contribution in [0, 0.1) is 35.0 Å². The number of amides is 1. The van der Waals surface area contributed by atoms with Crippen LogP contribution in [0.2, 0.25) is 0 Å². The summed E-state index contributed by atoms with van der Waals surface area (Å²) in [5.74, 6) is 2.39. The lowest BCUT2D eigenvalue weighted by atomic mass is 9.93. The fraction of sp³-hybridized carbons (Fsp3) is 0.522. The quantitative estimate of drug-likeness (QED) is 0.704. The third-order valence-corrected chi connectivity index (χ3v) is 5.90. The summed E-state index contributed by atoms with van der Waals surface area (Å²) < 4.78 is 44.8. The number of terminal acetylenes is 1. The van der Waals surface area contributed by atoms with Gasteiger partial charge in [-0.2, -0.15) is 23.7 Å². The van der Waals surface area contributed by atoms with Crippen molar-refractivity contribution in [1.82, 2.24) is 10.2 Å². The molecule has 1 unspecified atom stereocenters. The molecule has 1 aliphatic carbocycles. The second kappa shape index (κ2) is 9.94. The fourth-order valence-corrected chi connectivity index (χ4v) is 4.24. The van der Waals surface area contributed by atoms with E-state index in [9.17, 15) is 23.2 Å². The lowest BCUT2D eigenvalue weighted by Crippen LogP contribution is -2.47. The van der Waals surface area contributed by atoms with E-state index in [2.05, 4.69) is 17.3 Å². The summed E-state index contributed by atoms with van der Waals surface area (Å²) in [4.78, 5) is 14.1. The van der Waals surface area contributed by atoms with Crippen molar-refractivity contribution in [1.29, 1.82) is 10.5 Å². The normalized spacial score (nSPS) is 25.4. The molecule has 1 saturated carbocycles. The molecule has 2 aliphatic rings. The van der Waals surface area contributed by atoms with Gasteiger partial charge in [-0.1, -0.05) is 5.92 Å². The van der Waals surface area contributed by atoms with Crippen LogP contribution < -0.4 is 10.1 Å².